The van der Waals surface area contributed by atoms with Gasteiger partial charge in [-0.3, -0.25) is 14.8 Å². The van der Waals surface area contributed by atoms with Gasteiger partial charge < -0.3 is 5.32 Å². The quantitative estimate of drug-likeness (QED) is 0.368. The molecule has 1 aliphatic carbocycles. The highest BCUT2D eigenvalue weighted by atomic mass is 16.2. The SMILES string of the molecule is O=C1Nc2ccccc2C12C[C@H]2c1ccc2c(/C=C/c3ccc(CN4CCCCC4)cc3)n[nH]c2c1. The zero-order chi connectivity index (χ0) is 24.1. The molecular formula is C31H30N4O. The molecule has 1 spiro atoms. The number of likely N-dealkylation sites (tertiary alicyclic amines) is 1. The minimum atomic E-state index is -0.410. The van der Waals surface area contributed by atoms with Crippen LogP contribution >= 0.6 is 0 Å². The molecule has 2 atom stereocenters. The summed E-state index contributed by atoms with van der Waals surface area (Å²) in [5.74, 6) is 0.334. The average Bonchev–Trinajstić information content (AvgIpc) is 3.45. The van der Waals surface area contributed by atoms with E-state index in [2.05, 4.69) is 81.1 Å². The number of rotatable bonds is 5. The molecule has 7 rings (SSSR count). The first-order chi connectivity index (χ1) is 17.7. The van der Waals surface area contributed by atoms with E-state index in [1.165, 1.54) is 49.0 Å². The Labute approximate surface area is 211 Å². The number of benzene rings is 3. The molecule has 1 saturated heterocycles. The van der Waals surface area contributed by atoms with E-state index in [1.54, 1.807) is 0 Å². The Bertz CT molecular complexity index is 1480. The van der Waals surface area contributed by atoms with Gasteiger partial charge in [0.1, 0.15) is 0 Å². The number of amides is 1. The summed E-state index contributed by atoms with van der Waals surface area (Å²) in [6.45, 7) is 3.49. The molecule has 0 radical (unpaired) electrons. The Hall–Kier alpha value is -3.70. The Morgan fingerprint density at radius 3 is 2.67 bits per heavy atom. The van der Waals surface area contributed by atoms with E-state index in [9.17, 15) is 4.79 Å². The zero-order valence-corrected chi connectivity index (χ0v) is 20.3. The third kappa shape index (κ3) is 3.58. The van der Waals surface area contributed by atoms with Gasteiger partial charge in [-0.05, 0) is 72.8 Å². The number of aromatic nitrogens is 2. The molecule has 2 N–H and O–H groups in total. The summed E-state index contributed by atoms with van der Waals surface area (Å²) in [6.07, 6.45) is 9.09. The second-order valence-corrected chi connectivity index (χ2v) is 10.6. The maximum absolute atomic E-state index is 12.9. The molecule has 0 bridgehead atoms. The van der Waals surface area contributed by atoms with Crippen LogP contribution in [0.15, 0.2) is 66.7 Å². The predicted molar refractivity (Wildman–Crippen MR) is 145 cm³/mol. The van der Waals surface area contributed by atoms with Gasteiger partial charge in [-0.15, -0.1) is 0 Å². The Morgan fingerprint density at radius 2 is 1.81 bits per heavy atom. The van der Waals surface area contributed by atoms with Crippen molar-refractivity contribution in [2.24, 2.45) is 0 Å². The maximum Gasteiger partial charge on any atom is 0.235 e. The lowest BCUT2D eigenvalue weighted by molar-refractivity contribution is -0.118. The molecule has 1 saturated carbocycles. The maximum atomic E-state index is 12.9. The number of carbonyl (C=O) groups is 1. The van der Waals surface area contributed by atoms with Crippen LogP contribution in [0, 0.1) is 0 Å². The third-order valence-corrected chi connectivity index (χ3v) is 8.31. The Kier molecular flexibility index (Phi) is 5.07. The van der Waals surface area contributed by atoms with Crippen LogP contribution in [0.4, 0.5) is 5.69 Å². The highest BCUT2D eigenvalue weighted by Gasteiger charge is 2.65. The van der Waals surface area contributed by atoms with Gasteiger partial charge in [0.05, 0.1) is 16.6 Å². The van der Waals surface area contributed by atoms with Crippen molar-refractivity contribution in [3.8, 4) is 0 Å². The topological polar surface area (TPSA) is 61.0 Å². The molecule has 5 heteroatoms. The van der Waals surface area contributed by atoms with Crippen LogP contribution in [0.1, 0.15) is 59.5 Å². The largest absolute Gasteiger partial charge is 0.325 e. The number of anilines is 1. The first-order valence-corrected chi connectivity index (χ1v) is 13.1. The molecule has 5 nitrogen and oxygen atoms in total. The summed E-state index contributed by atoms with van der Waals surface area (Å²) in [5.41, 5.74) is 7.38. The van der Waals surface area contributed by atoms with Crippen LogP contribution in [0.25, 0.3) is 23.1 Å². The fourth-order valence-corrected chi connectivity index (χ4v) is 6.24. The first kappa shape index (κ1) is 21.6. The van der Waals surface area contributed by atoms with Crippen molar-refractivity contribution in [2.75, 3.05) is 18.4 Å². The predicted octanol–water partition coefficient (Wildman–Crippen LogP) is 6.10. The third-order valence-electron chi connectivity index (χ3n) is 8.31. The van der Waals surface area contributed by atoms with E-state index in [4.69, 9.17) is 0 Å². The van der Waals surface area contributed by atoms with Crippen LogP contribution in [0.3, 0.4) is 0 Å². The zero-order valence-electron chi connectivity index (χ0n) is 20.3. The minimum Gasteiger partial charge on any atom is -0.325 e. The second-order valence-electron chi connectivity index (χ2n) is 10.6. The van der Waals surface area contributed by atoms with Crippen molar-refractivity contribution in [3.05, 3.63) is 94.7 Å². The molecule has 4 aromatic rings. The van der Waals surface area contributed by atoms with E-state index < -0.39 is 5.41 Å². The van der Waals surface area contributed by atoms with Crippen LogP contribution in [-0.2, 0) is 16.8 Å². The number of para-hydroxylation sites is 1. The molecule has 1 aromatic heterocycles. The highest BCUT2D eigenvalue weighted by Crippen LogP contribution is 2.64. The average molecular weight is 475 g/mol. The van der Waals surface area contributed by atoms with Gasteiger partial charge in [0, 0.05) is 23.5 Å². The monoisotopic (exact) mass is 474 g/mol. The van der Waals surface area contributed by atoms with E-state index in [-0.39, 0.29) is 11.8 Å². The number of nitrogens with zero attached hydrogens (tertiary/aromatic N) is 2. The molecule has 3 aromatic carbocycles. The lowest BCUT2D eigenvalue weighted by Gasteiger charge is -2.26. The van der Waals surface area contributed by atoms with Crippen molar-refractivity contribution in [3.63, 3.8) is 0 Å². The summed E-state index contributed by atoms with van der Waals surface area (Å²) < 4.78 is 0. The van der Waals surface area contributed by atoms with Gasteiger partial charge in [-0.2, -0.15) is 5.10 Å². The van der Waals surface area contributed by atoms with Crippen molar-refractivity contribution in [1.29, 1.82) is 0 Å². The first-order valence-electron chi connectivity index (χ1n) is 13.1. The van der Waals surface area contributed by atoms with Crippen LogP contribution in [0.5, 0.6) is 0 Å². The summed E-state index contributed by atoms with van der Waals surface area (Å²) in [7, 11) is 0. The molecule has 36 heavy (non-hydrogen) atoms. The molecule has 2 aliphatic heterocycles. The summed E-state index contributed by atoms with van der Waals surface area (Å²) in [6, 6.07) is 23.4. The number of hydrogen-bond donors (Lipinski definition) is 2. The Balaban J connectivity index is 1.08. The number of hydrogen-bond acceptors (Lipinski definition) is 3. The molecule has 2 fully saturated rings. The number of nitrogens with one attached hydrogen (secondary N) is 2. The van der Waals surface area contributed by atoms with Crippen molar-refractivity contribution >= 4 is 34.6 Å². The lowest BCUT2D eigenvalue weighted by Crippen LogP contribution is -2.28. The molecule has 3 heterocycles. The summed E-state index contributed by atoms with van der Waals surface area (Å²) >= 11 is 0. The number of H-pyrrole nitrogens is 1. The lowest BCUT2D eigenvalue weighted by atomic mass is 9.92. The van der Waals surface area contributed by atoms with Crippen LogP contribution in [0.2, 0.25) is 0 Å². The number of fused-ring (bicyclic) bond motifs is 3. The van der Waals surface area contributed by atoms with E-state index in [0.717, 1.165) is 40.8 Å². The van der Waals surface area contributed by atoms with Gasteiger partial charge in [0.15, 0.2) is 0 Å². The highest BCUT2D eigenvalue weighted by molar-refractivity contribution is 6.09. The normalized spacial score (nSPS) is 23.4. The molecule has 180 valence electrons. The second kappa shape index (κ2) is 8.45. The van der Waals surface area contributed by atoms with Crippen molar-refractivity contribution < 1.29 is 4.79 Å². The van der Waals surface area contributed by atoms with E-state index in [1.807, 2.05) is 18.2 Å². The standard InChI is InChI=1S/C31H30N4O/c36-30-31(25-6-2-3-7-28(25)32-30)19-26(31)23-13-14-24-27(33-34-29(24)18-23)15-12-21-8-10-22(11-9-21)20-35-16-4-1-5-17-35/h2-3,6-15,18,26H,1,4-5,16-17,19-20H2,(H,32,36)(H,33,34)/b15-12+/t26-,31?/m0/s1. The Morgan fingerprint density at radius 1 is 0.972 bits per heavy atom. The van der Waals surface area contributed by atoms with Gasteiger partial charge in [-0.25, -0.2) is 0 Å². The van der Waals surface area contributed by atoms with Gasteiger partial charge >= 0.3 is 0 Å². The minimum absolute atomic E-state index is 0.129. The van der Waals surface area contributed by atoms with E-state index in [0.29, 0.717) is 0 Å². The molecule has 1 amide bonds. The number of aromatic amines is 1. The smallest absolute Gasteiger partial charge is 0.235 e. The van der Waals surface area contributed by atoms with Crippen molar-refractivity contribution in [1.82, 2.24) is 15.1 Å². The van der Waals surface area contributed by atoms with E-state index >= 15 is 0 Å². The molecule has 3 aliphatic rings. The number of piperidine rings is 1. The van der Waals surface area contributed by atoms with Gasteiger partial charge in [0.2, 0.25) is 5.91 Å². The molecule has 1 unspecified atom stereocenters. The fraction of sp³-hybridized carbons (Fsp3) is 0.290. The van der Waals surface area contributed by atoms with Crippen LogP contribution in [-0.4, -0.2) is 34.1 Å². The fourth-order valence-electron chi connectivity index (χ4n) is 6.24. The summed E-state index contributed by atoms with van der Waals surface area (Å²) in [5, 5.41) is 11.9. The molecular weight excluding hydrogens is 444 g/mol. The summed E-state index contributed by atoms with van der Waals surface area (Å²) in [4.78, 5) is 15.4. The van der Waals surface area contributed by atoms with Gasteiger partial charge in [-0.1, -0.05) is 67.1 Å². The number of carbonyl (C=O) groups excluding carboxylic acids is 1. The van der Waals surface area contributed by atoms with Gasteiger partial charge in [0.25, 0.3) is 0 Å². The van der Waals surface area contributed by atoms with Crippen molar-refractivity contribution in [2.45, 2.75) is 43.6 Å². The van der Waals surface area contributed by atoms with Crippen LogP contribution < -0.4 is 5.32 Å².